The molecule has 0 aromatic heterocycles. The normalized spacial score (nSPS) is 24.6. The highest BCUT2D eigenvalue weighted by Gasteiger charge is 2.50. The lowest BCUT2D eigenvalue weighted by Crippen LogP contribution is -2.66. The molecule has 39 heavy (non-hydrogen) atoms. The van der Waals surface area contributed by atoms with Crippen LogP contribution in [0.15, 0.2) is 104 Å². The summed E-state index contributed by atoms with van der Waals surface area (Å²) in [5, 5.41) is 0. The lowest BCUT2D eigenvalue weighted by Gasteiger charge is -2.51. The molecular formula is C33H37NO5. The molecule has 1 amide bonds. The molecule has 0 aliphatic carbocycles. The SMILES string of the molecule is C=CC[C@@H]1C[C@@H]2C[C@@H](OCc3ccccc3)[C@H](OCc3ccccc3)[C@H](COCc3ccccc3)N2C(=O)O1. The average Bonchev–Trinajstić information content (AvgIpc) is 2.97. The Morgan fingerprint density at radius 1 is 0.795 bits per heavy atom. The summed E-state index contributed by atoms with van der Waals surface area (Å²) in [5.41, 5.74) is 3.25. The van der Waals surface area contributed by atoms with Crippen LogP contribution in [0.5, 0.6) is 0 Å². The maximum absolute atomic E-state index is 13.4. The first-order valence-electron chi connectivity index (χ1n) is 13.7. The number of carbonyl (C=O) groups excluding carboxylic acids is 1. The van der Waals surface area contributed by atoms with E-state index in [9.17, 15) is 4.79 Å². The fraction of sp³-hybridized carbons (Fsp3) is 0.364. The van der Waals surface area contributed by atoms with Crippen molar-refractivity contribution >= 4 is 6.09 Å². The summed E-state index contributed by atoms with van der Waals surface area (Å²) in [6.45, 7) is 5.50. The molecule has 0 unspecified atom stereocenters. The van der Waals surface area contributed by atoms with Crippen molar-refractivity contribution < 1.29 is 23.7 Å². The fourth-order valence-electron chi connectivity index (χ4n) is 5.54. The van der Waals surface area contributed by atoms with Gasteiger partial charge >= 0.3 is 6.09 Å². The summed E-state index contributed by atoms with van der Waals surface area (Å²) >= 11 is 0. The Labute approximate surface area is 231 Å². The van der Waals surface area contributed by atoms with Crippen molar-refractivity contribution in [3.05, 3.63) is 120 Å². The minimum Gasteiger partial charge on any atom is -0.446 e. The lowest BCUT2D eigenvalue weighted by atomic mass is 9.86. The highest BCUT2D eigenvalue weighted by molar-refractivity contribution is 5.70. The van der Waals surface area contributed by atoms with Crippen molar-refractivity contribution in [2.75, 3.05) is 6.61 Å². The molecule has 6 heteroatoms. The van der Waals surface area contributed by atoms with Crippen LogP contribution in [-0.4, -0.2) is 48.0 Å². The number of piperidine rings is 1. The van der Waals surface area contributed by atoms with Crippen molar-refractivity contribution in [1.29, 1.82) is 0 Å². The molecule has 204 valence electrons. The van der Waals surface area contributed by atoms with Crippen LogP contribution in [0.2, 0.25) is 0 Å². The first-order valence-corrected chi connectivity index (χ1v) is 13.7. The number of rotatable bonds is 12. The largest absolute Gasteiger partial charge is 0.446 e. The molecule has 0 radical (unpaired) electrons. The Balaban J connectivity index is 1.39. The maximum Gasteiger partial charge on any atom is 0.410 e. The van der Waals surface area contributed by atoms with Crippen LogP contribution in [0.3, 0.4) is 0 Å². The van der Waals surface area contributed by atoms with E-state index in [0.717, 1.165) is 23.1 Å². The van der Waals surface area contributed by atoms with Gasteiger partial charge in [0.25, 0.3) is 0 Å². The molecule has 0 N–H and O–H groups in total. The Morgan fingerprint density at radius 2 is 1.36 bits per heavy atom. The van der Waals surface area contributed by atoms with Crippen LogP contribution in [0.25, 0.3) is 0 Å². The molecule has 5 atom stereocenters. The standard InChI is InChI=1S/C33H37NO5/c1-2-12-29-19-28-20-31(37-22-26-15-8-4-9-16-26)32(38-23-27-17-10-5-11-18-27)30(34(28)33(35)39-29)24-36-21-25-13-6-3-7-14-25/h2-11,13-18,28-32H,1,12,19-24H2/t28-,29-,30+,31-,32-/m1/s1. The number of carbonyl (C=O) groups is 1. The van der Waals surface area contributed by atoms with Crippen molar-refractivity contribution in [3.8, 4) is 0 Å². The van der Waals surface area contributed by atoms with Gasteiger partial charge < -0.3 is 18.9 Å². The summed E-state index contributed by atoms with van der Waals surface area (Å²) in [6.07, 6.45) is 2.74. The number of benzene rings is 3. The van der Waals surface area contributed by atoms with Gasteiger partial charge in [-0.1, -0.05) is 97.1 Å². The van der Waals surface area contributed by atoms with Crippen LogP contribution in [0.4, 0.5) is 4.79 Å². The molecule has 3 aromatic rings. The molecule has 3 aromatic carbocycles. The topological polar surface area (TPSA) is 57.2 Å². The highest BCUT2D eigenvalue weighted by atomic mass is 16.6. The third-order valence-corrected chi connectivity index (χ3v) is 7.44. The third kappa shape index (κ3) is 7.15. The predicted molar refractivity (Wildman–Crippen MR) is 150 cm³/mol. The second-order valence-electron chi connectivity index (χ2n) is 10.2. The molecule has 2 fully saturated rings. The Kier molecular flexibility index (Phi) is 9.43. The van der Waals surface area contributed by atoms with Gasteiger partial charge in [0.15, 0.2) is 0 Å². The van der Waals surface area contributed by atoms with Gasteiger partial charge in [-0.3, -0.25) is 4.90 Å². The average molecular weight is 528 g/mol. The summed E-state index contributed by atoms with van der Waals surface area (Å²) < 4.78 is 25.2. The van der Waals surface area contributed by atoms with Gasteiger partial charge in [0.05, 0.1) is 38.6 Å². The molecule has 0 saturated carbocycles. The number of hydrogen-bond donors (Lipinski definition) is 0. The first kappa shape index (κ1) is 27.1. The molecule has 0 spiro atoms. The van der Waals surface area contributed by atoms with E-state index in [-0.39, 0.29) is 36.5 Å². The number of nitrogens with zero attached hydrogens (tertiary/aromatic N) is 1. The summed E-state index contributed by atoms with van der Waals surface area (Å²) in [7, 11) is 0. The monoisotopic (exact) mass is 527 g/mol. The molecule has 2 aliphatic rings. The van der Waals surface area contributed by atoms with Gasteiger partial charge in [-0.25, -0.2) is 4.79 Å². The third-order valence-electron chi connectivity index (χ3n) is 7.44. The molecule has 2 aliphatic heterocycles. The van der Waals surface area contributed by atoms with Gasteiger partial charge in [-0.05, 0) is 23.1 Å². The van der Waals surface area contributed by atoms with Crippen LogP contribution in [0, 0.1) is 0 Å². The van der Waals surface area contributed by atoms with E-state index in [2.05, 4.69) is 18.7 Å². The molecule has 2 saturated heterocycles. The number of amides is 1. The molecule has 5 rings (SSSR count). The molecule has 0 bridgehead atoms. The van der Waals surface area contributed by atoms with E-state index < -0.39 is 0 Å². The second-order valence-corrected chi connectivity index (χ2v) is 10.2. The Hall–Kier alpha value is -3.45. The summed E-state index contributed by atoms with van der Waals surface area (Å²) in [4.78, 5) is 15.2. The highest BCUT2D eigenvalue weighted by Crippen LogP contribution is 2.36. The summed E-state index contributed by atoms with van der Waals surface area (Å²) in [5.74, 6) is 0. The second kappa shape index (κ2) is 13.6. The van der Waals surface area contributed by atoms with E-state index in [1.165, 1.54) is 0 Å². The molecular weight excluding hydrogens is 490 g/mol. The van der Waals surface area contributed by atoms with Gasteiger partial charge in [-0.15, -0.1) is 6.58 Å². The quantitative estimate of drug-likeness (QED) is 0.259. The van der Waals surface area contributed by atoms with E-state index in [4.69, 9.17) is 18.9 Å². The maximum atomic E-state index is 13.4. The Bertz CT molecular complexity index is 1170. The molecule has 6 nitrogen and oxygen atoms in total. The van der Waals surface area contributed by atoms with Gasteiger partial charge in [-0.2, -0.15) is 0 Å². The predicted octanol–water partition coefficient (Wildman–Crippen LogP) is 6.30. The first-order chi connectivity index (χ1) is 19.2. The number of hydrogen-bond acceptors (Lipinski definition) is 5. The van der Waals surface area contributed by atoms with E-state index in [0.29, 0.717) is 39.3 Å². The fourth-order valence-corrected chi connectivity index (χ4v) is 5.54. The zero-order valence-corrected chi connectivity index (χ0v) is 22.3. The van der Waals surface area contributed by atoms with E-state index in [1.54, 1.807) is 0 Å². The van der Waals surface area contributed by atoms with Crippen LogP contribution >= 0.6 is 0 Å². The van der Waals surface area contributed by atoms with E-state index in [1.807, 2.05) is 89.8 Å². The van der Waals surface area contributed by atoms with E-state index >= 15 is 0 Å². The van der Waals surface area contributed by atoms with Crippen molar-refractivity contribution in [2.24, 2.45) is 0 Å². The minimum absolute atomic E-state index is 0.0288. The van der Waals surface area contributed by atoms with Crippen LogP contribution in [-0.2, 0) is 38.8 Å². The zero-order chi connectivity index (χ0) is 26.9. The van der Waals surface area contributed by atoms with Crippen molar-refractivity contribution in [2.45, 2.75) is 69.5 Å². The number of ether oxygens (including phenoxy) is 4. The lowest BCUT2D eigenvalue weighted by molar-refractivity contribution is -0.177. The van der Waals surface area contributed by atoms with Gasteiger partial charge in [0, 0.05) is 18.9 Å². The smallest absolute Gasteiger partial charge is 0.410 e. The van der Waals surface area contributed by atoms with Crippen molar-refractivity contribution in [3.63, 3.8) is 0 Å². The van der Waals surface area contributed by atoms with Crippen molar-refractivity contribution in [1.82, 2.24) is 4.90 Å². The van der Waals surface area contributed by atoms with Crippen LogP contribution in [0.1, 0.15) is 36.0 Å². The zero-order valence-electron chi connectivity index (χ0n) is 22.3. The number of cyclic esters (lactones) is 1. The minimum atomic E-state index is -0.385. The number of fused-ring (bicyclic) bond motifs is 1. The van der Waals surface area contributed by atoms with Gasteiger partial charge in [0.1, 0.15) is 12.2 Å². The molecule has 2 heterocycles. The summed E-state index contributed by atoms with van der Waals surface area (Å²) in [6, 6.07) is 29.9. The van der Waals surface area contributed by atoms with Crippen LogP contribution < -0.4 is 0 Å². The Morgan fingerprint density at radius 3 is 1.95 bits per heavy atom. The van der Waals surface area contributed by atoms with Gasteiger partial charge in [0.2, 0.25) is 0 Å².